The molecule has 0 atom stereocenters. The van der Waals surface area contributed by atoms with Crippen molar-refractivity contribution in [3.63, 3.8) is 0 Å². The smallest absolute Gasteiger partial charge is 0.268 e. The molecule has 0 saturated heterocycles. The number of amides is 1. The predicted octanol–water partition coefficient (Wildman–Crippen LogP) is 4.05. The molecule has 2 heterocycles. The van der Waals surface area contributed by atoms with Gasteiger partial charge in [-0.25, -0.2) is 8.42 Å². The highest BCUT2D eigenvalue weighted by Gasteiger charge is 2.26. The fourth-order valence-electron chi connectivity index (χ4n) is 4.08. The first-order valence-electron chi connectivity index (χ1n) is 10.5. The molecule has 0 bridgehead atoms. The Morgan fingerprint density at radius 2 is 1.97 bits per heavy atom. The standard InChI is InChI=1S/C24H29N3O3S/c1-16(2)15-27-17(3)11-20(18(27)4)12-21(14-25)24(28)26-10-6-7-19-13-22(31(5,29)30)8-9-23(19)26/h8-9,11-13,16H,6-7,10,15H2,1-5H3/b21-12-. The minimum absolute atomic E-state index is 0.0739. The summed E-state index contributed by atoms with van der Waals surface area (Å²) < 4.78 is 26.0. The molecule has 164 valence electrons. The molecular weight excluding hydrogens is 410 g/mol. The molecule has 1 amide bonds. The number of aryl methyl sites for hydroxylation is 2. The van der Waals surface area contributed by atoms with Gasteiger partial charge in [0.15, 0.2) is 9.84 Å². The van der Waals surface area contributed by atoms with Crippen LogP contribution in [0.1, 0.15) is 42.8 Å². The Balaban J connectivity index is 1.97. The number of nitriles is 1. The van der Waals surface area contributed by atoms with Crippen molar-refractivity contribution >= 4 is 27.5 Å². The number of rotatable bonds is 5. The first kappa shape index (κ1) is 22.8. The van der Waals surface area contributed by atoms with E-state index < -0.39 is 9.84 Å². The molecule has 0 N–H and O–H groups in total. The fourth-order valence-corrected chi connectivity index (χ4v) is 4.75. The van der Waals surface area contributed by atoms with E-state index in [1.807, 2.05) is 19.9 Å². The van der Waals surface area contributed by atoms with Crippen molar-refractivity contribution in [2.24, 2.45) is 5.92 Å². The van der Waals surface area contributed by atoms with Crippen LogP contribution in [0.4, 0.5) is 5.69 Å². The molecule has 7 heteroatoms. The van der Waals surface area contributed by atoms with Crippen molar-refractivity contribution in [3.05, 3.63) is 52.4 Å². The third kappa shape index (κ3) is 4.75. The molecule has 0 fully saturated rings. The zero-order valence-electron chi connectivity index (χ0n) is 18.8. The Labute approximate surface area is 184 Å². The Bertz CT molecular complexity index is 1200. The number of carbonyl (C=O) groups excluding carboxylic acids is 1. The molecule has 31 heavy (non-hydrogen) atoms. The average molecular weight is 440 g/mol. The number of hydrogen-bond donors (Lipinski definition) is 0. The van der Waals surface area contributed by atoms with Gasteiger partial charge in [-0.1, -0.05) is 13.8 Å². The summed E-state index contributed by atoms with van der Waals surface area (Å²) >= 11 is 0. The molecule has 2 aromatic rings. The second-order valence-electron chi connectivity index (χ2n) is 8.62. The van der Waals surface area contributed by atoms with Crippen LogP contribution in [0.5, 0.6) is 0 Å². The maximum absolute atomic E-state index is 13.3. The number of hydrogen-bond acceptors (Lipinski definition) is 4. The maximum atomic E-state index is 13.3. The molecule has 1 aliphatic rings. The van der Waals surface area contributed by atoms with Gasteiger partial charge in [0, 0.05) is 36.4 Å². The van der Waals surface area contributed by atoms with E-state index in [0.717, 1.165) is 29.1 Å². The van der Waals surface area contributed by atoms with Gasteiger partial charge in [0.1, 0.15) is 11.6 Å². The number of aromatic nitrogens is 1. The van der Waals surface area contributed by atoms with Crippen LogP contribution in [0.15, 0.2) is 34.7 Å². The SMILES string of the molecule is Cc1cc(/C=C(/C#N)C(=O)N2CCCc3cc(S(C)(=O)=O)ccc32)c(C)n1CC(C)C. The van der Waals surface area contributed by atoms with E-state index >= 15 is 0 Å². The lowest BCUT2D eigenvalue weighted by molar-refractivity contribution is -0.114. The second kappa shape index (κ2) is 8.72. The third-order valence-electron chi connectivity index (χ3n) is 5.65. The number of sulfone groups is 1. The van der Waals surface area contributed by atoms with Crippen molar-refractivity contribution in [3.8, 4) is 6.07 Å². The van der Waals surface area contributed by atoms with Gasteiger partial charge in [-0.15, -0.1) is 0 Å². The number of fused-ring (bicyclic) bond motifs is 1. The molecule has 0 aliphatic carbocycles. The summed E-state index contributed by atoms with van der Waals surface area (Å²) in [5.41, 5.74) is 4.56. The molecule has 6 nitrogen and oxygen atoms in total. The number of carbonyl (C=O) groups is 1. The number of nitrogens with zero attached hydrogens (tertiary/aromatic N) is 3. The zero-order chi connectivity index (χ0) is 22.9. The average Bonchev–Trinajstić information content (AvgIpc) is 2.96. The van der Waals surface area contributed by atoms with Crippen molar-refractivity contribution in [1.29, 1.82) is 5.26 Å². The second-order valence-corrected chi connectivity index (χ2v) is 10.6. The molecule has 1 aliphatic heterocycles. The van der Waals surface area contributed by atoms with E-state index in [0.29, 0.717) is 31.0 Å². The lowest BCUT2D eigenvalue weighted by Gasteiger charge is -2.29. The van der Waals surface area contributed by atoms with Crippen molar-refractivity contribution in [2.75, 3.05) is 17.7 Å². The van der Waals surface area contributed by atoms with E-state index in [9.17, 15) is 18.5 Å². The summed E-state index contributed by atoms with van der Waals surface area (Å²) in [5.74, 6) is 0.129. The van der Waals surface area contributed by atoms with Crippen LogP contribution >= 0.6 is 0 Å². The van der Waals surface area contributed by atoms with Crippen LogP contribution in [0, 0.1) is 31.1 Å². The first-order valence-corrected chi connectivity index (χ1v) is 12.4. The summed E-state index contributed by atoms with van der Waals surface area (Å²) in [7, 11) is -3.32. The Morgan fingerprint density at radius 1 is 1.26 bits per heavy atom. The van der Waals surface area contributed by atoms with Gasteiger partial charge < -0.3 is 9.47 Å². The fraction of sp³-hybridized carbons (Fsp3) is 0.417. The Hall–Kier alpha value is -2.85. The van der Waals surface area contributed by atoms with Gasteiger partial charge in [0.25, 0.3) is 5.91 Å². The van der Waals surface area contributed by atoms with Crippen LogP contribution in [0.3, 0.4) is 0 Å². The van der Waals surface area contributed by atoms with E-state index in [4.69, 9.17) is 0 Å². The highest BCUT2D eigenvalue weighted by atomic mass is 32.2. The lowest BCUT2D eigenvalue weighted by Crippen LogP contribution is -2.36. The van der Waals surface area contributed by atoms with Crippen molar-refractivity contribution < 1.29 is 13.2 Å². The zero-order valence-corrected chi connectivity index (χ0v) is 19.6. The van der Waals surface area contributed by atoms with E-state index in [2.05, 4.69) is 24.5 Å². The minimum atomic E-state index is -3.32. The Kier molecular flexibility index (Phi) is 6.42. The highest BCUT2D eigenvalue weighted by molar-refractivity contribution is 7.90. The number of anilines is 1. The van der Waals surface area contributed by atoms with Crippen molar-refractivity contribution in [1.82, 2.24) is 4.57 Å². The maximum Gasteiger partial charge on any atom is 0.268 e. The normalized spacial score (nSPS) is 14.5. The monoisotopic (exact) mass is 439 g/mol. The van der Waals surface area contributed by atoms with Gasteiger partial charge in [-0.3, -0.25) is 4.79 Å². The number of benzene rings is 1. The molecule has 0 unspecified atom stereocenters. The summed E-state index contributed by atoms with van der Waals surface area (Å²) in [6.07, 6.45) is 4.26. The summed E-state index contributed by atoms with van der Waals surface area (Å²) in [4.78, 5) is 15.1. The molecule has 0 spiro atoms. The molecular formula is C24H29N3O3S. The molecule has 1 aromatic carbocycles. The van der Waals surface area contributed by atoms with Gasteiger partial charge in [0.05, 0.1) is 4.90 Å². The van der Waals surface area contributed by atoms with Crippen LogP contribution in [0.25, 0.3) is 6.08 Å². The first-order chi connectivity index (χ1) is 14.5. The van der Waals surface area contributed by atoms with Crippen LogP contribution in [-0.4, -0.2) is 31.7 Å². The molecule has 0 radical (unpaired) electrons. The van der Waals surface area contributed by atoms with Crippen molar-refractivity contribution in [2.45, 2.75) is 52.0 Å². The van der Waals surface area contributed by atoms with Crippen LogP contribution < -0.4 is 4.90 Å². The summed E-state index contributed by atoms with van der Waals surface area (Å²) in [6, 6.07) is 8.91. The van der Waals surface area contributed by atoms with Crippen LogP contribution in [0.2, 0.25) is 0 Å². The van der Waals surface area contributed by atoms with E-state index in [-0.39, 0.29) is 16.4 Å². The van der Waals surface area contributed by atoms with Gasteiger partial charge in [0.2, 0.25) is 0 Å². The summed E-state index contributed by atoms with van der Waals surface area (Å²) in [5, 5.41) is 9.75. The minimum Gasteiger partial charge on any atom is -0.348 e. The molecule has 3 rings (SSSR count). The van der Waals surface area contributed by atoms with E-state index in [1.54, 1.807) is 23.1 Å². The Morgan fingerprint density at radius 3 is 2.58 bits per heavy atom. The lowest BCUT2D eigenvalue weighted by atomic mass is 10.0. The molecule has 0 saturated carbocycles. The van der Waals surface area contributed by atoms with Gasteiger partial charge in [-0.2, -0.15) is 5.26 Å². The quantitative estimate of drug-likeness (QED) is 0.520. The van der Waals surface area contributed by atoms with Crippen LogP contribution in [-0.2, 0) is 27.6 Å². The van der Waals surface area contributed by atoms with Gasteiger partial charge in [-0.05, 0) is 74.1 Å². The molecule has 1 aromatic heterocycles. The largest absolute Gasteiger partial charge is 0.348 e. The highest BCUT2D eigenvalue weighted by Crippen LogP contribution is 2.31. The topological polar surface area (TPSA) is 83.2 Å². The predicted molar refractivity (Wildman–Crippen MR) is 123 cm³/mol. The van der Waals surface area contributed by atoms with Gasteiger partial charge >= 0.3 is 0 Å². The third-order valence-corrected chi connectivity index (χ3v) is 6.76. The van der Waals surface area contributed by atoms with E-state index in [1.165, 1.54) is 12.3 Å². The summed E-state index contributed by atoms with van der Waals surface area (Å²) in [6.45, 7) is 9.71.